The van der Waals surface area contributed by atoms with Crippen molar-refractivity contribution in [3.63, 3.8) is 0 Å². The zero-order valence-electron chi connectivity index (χ0n) is 9.17. The minimum Gasteiger partial charge on any atom is -0.293 e. The monoisotopic (exact) mass is 252 g/mol. The average Bonchev–Trinajstić information content (AvgIpc) is 2.71. The van der Waals surface area contributed by atoms with E-state index in [0.29, 0.717) is 4.88 Å². The number of hydrogen-bond acceptors (Lipinski definition) is 2. The van der Waals surface area contributed by atoms with E-state index in [1.807, 2.05) is 18.4 Å². The molecule has 1 nitrogen and oxygen atoms in total. The molecule has 0 atom stereocenters. The Morgan fingerprint density at radius 3 is 2.71 bits per heavy atom. The van der Waals surface area contributed by atoms with E-state index in [1.165, 1.54) is 23.5 Å². The summed E-state index contributed by atoms with van der Waals surface area (Å²) in [5, 5.41) is 1.81. The average molecular weight is 252 g/mol. The molecule has 0 N–H and O–H groups in total. The van der Waals surface area contributed by atoms with E-state index >= 15 is 0 Å². The van der Waals surface area contributed by atoms with Gasteiger partial charge in [0.15, 0.2) is 17.4 Å². The lowest BCUT2D eigenvalue weighted by Crippen LogP contribution is -2.05. The predicted molar refractivity (Wildman–Crippen MR) is 63.4 cm³/mol. The first-order valence-electron chi connectivity index (χ1n) is 5.10. The lowest BCUT2D eigenvalue weighted by atomic mass is 10.1. The van der Waals surface area contributed by atoms with E-state index in [1.54, 1.807) is 0 Å². The molecule has 0 amide bonds. The van der Waals surface area contributed by atoms with Crippen molar-refractivity contribution < 1.29 is 13.6 Å². The molecule has 1 heterocycles. The summed E-state index contributed by atoms with van der Waals surface area (Å²) in [4.78, 5) is 12.5. The molecule has 0 fully saturated rings. The van der Waals surface area contributed by atoms with Crippen molar-refractivity contribution in [2.75, 3.05) is 0 Å². The Labute approximate surface area is 102 Å². The van der Waals surface area contributed by atoms with Crippen LogP contribution in [-0.4, -0.2) is 5.78 Å². The van der Waals surface area contributed by atoms with Crippen LogP contribution in [0.1, 0.15) is 20.8 Å². The van der Waals surface area contributed by atoms with Gasteiger partial charge in [-0.2, -0.15) is 0 Å². The van der Waals surface area contributed by atoms with Crippen LogP contribution in [0.3, 0.4) is 0 Å². The van der Waals surface area contributed by atoms with Crippen molar-refractivity contribution in [3.05, 3.63) is 57.3 Å². The van der Waals surface area contributed by atoms with E-state index in [-0.39, 0.29) is 17.8 Å². The molecule has 2 aromatic rings. The van der Waals surface area contributed by atoms with E-state index < -0.39 is 11.6 Å². The van der Waals surface area contributed by atoms with E-state index in [0.717, 1.165) is 11.6 Å². The maximum Gasteiger partial charge on any atom is 0.177 e. The van der Waals surface area contributed by atoms with E-state index in [2.05, 4.69) is 0 Å². The van der Waals surface area contributed by atoms with Crippen molar-refractivity contribution in [1.29, 1.82) is 0 Å². The normalized spacial score (nSPS) is 10.5. The third-order valence-electron chi connectivity index (χ3n) is 2.50. The van der Waals surface area contributed by atoms with Crippen LogP contribution in [-0.2, 0) is 6.42 Å². The molecule has 17 heavy (non-hydrogen) atoms. The van der Waals surface area contributed by atoms with Crippen LogP contribution in [0, 0.1) is 18.6 Å². The maximum atomic E-state index is 13.4. The summed E-state index contributed by atoms with van der Waals surface area (Å²) in [6.07, 6.45) is -0.106. The van der Waals surface area contributed by atoms with Gasteiger partial charge in [-0.1, -0.05) is 12.1 Å². The topological polar surface area (TPSA) is 17.1 Å². The summed E-state index contributed by atoms with van der Waals surface area (Å²) in [6.45, 7) is 1.83. The first kappa shape index (κ1) is 11.9. The van der Waals surface area contributed by atoms with Gasteiger partial charge in [-0.05, 0) is 35.6 Å². The zero-order chi connectivity index (χ0) is 12.4. The molecular weight excluding hydrogens is 242 g/mol. The number of thiophene rings is 1. The second kappa shape index (κ2) is 4.75. The fraction of sp³-hybridized carbons (Fsp3) is 0.154. The van der Waals surface area contributed by atoms with Crippen LogP contribution in [0.15, 0.2) is 29.6 Å². The van der Waals surface area contributed by atoms with Crippen LogP contribution >= 0.6 is 11.3 Å². The largest absolute Gasteiger partial charge is 0.293 e. The molecule has 0 saturated carbocycles. The third-order valence-corrected chi connectivity index (χ3v) is 3.56. The number of carbonyl (C=O) groups is 1. The van der Waals surface area contributed by atoms with Crippen molar-refractivity contribution in [1.82, 2.24) is 0 Å². The highest BCUT2D eigenvalue weighted by atomic mass is 32.1. The van der Waals surface area contributed by atoms with Crippen LogP contribution in [0.2, 0.25) is 0 Å². The number of halogens is 2. The molecule has 0 aliphatic carbocycles. The fourth-order valence-electron chi connectivity index (χ4n) is 1.60. The lowest BCUT2D eigenvalue weighted by Gasteiger charge is -2.03. The minimum atomic E-state index is -0.935. The highest BCUT2D eigenvalue weighted by molar-refractivity contribution is 7.12. The number of ketones is 1. The smallest absolute Gasteiger partial charge is 0.177 e. The second-order valence-electron chi connectivity index (χ2n) is 3.75. The quantitative estimate of drug-likeness (QED) is 0.760. The van der Waals surface area contributed by atoms with Gasteiger partial charge < -0.3 is 0 Å². The molecule has 1 aromatic heterocycles. The van der Waals surface area contributed by atoms with Crippen molar-refractivity contribution >= 4 is 17.1 Å². The van der Waals surface area contributed by atoms with Crippen molar-refractivity contribution in [2.24, 2.45) is 0 Å². The standard InChI is InChI=1S/C13H10F2OS/c1-8-5-6-17-13(8)11(16)7-9-3-2-4-10(14)12(9)15/h2-6H,7H2,1H3. The fourth-order valence-corrected chi connectivity index (χ4v) is 2.46. The Morgan fingerprint density at radius 1 is 1.29 bits per heavy atom. The van der Waals surface area contributed by atoms with Gasteiger partial charge in [-0.3, -0.25) is 4.79 Å². The molecular formula is C13H10F2OS. The zero-order valence-corrected chi connectivity index (χ0v) is 9.98. The molecule has 4 heteroatoms. The molecule has 0 radical (unpaired) electrons. The van der Waals surface area contributed by atoms with Crippen molar-refractivity contribution in [2.45, 2.75) is 13.3 Å². The number of carbonyl (C=O) groups excluding carboxylic acids is 1. The summed E-state index contributed by atoms with van der Waals surface area (Å²) in [5.74, 6) is -2.03. The Bertz CT molecular complexity index is 560. The predicted octanol–water partition coefficient (Wildman–Crippen LogP) is 3.76. The molecule has 0 unspecified atom stereocenters. The molecule has 88 valence electrons. The Hall–Kier alpha value is -1.55. The maximum absolute atomic E-state index is 13.4. The van der Waals surface area contributed by atoms with Crippen LogP contribution in [0.4, 0.5) is 8.78 Å². The molecule has 2 rings (SSSR count). The molecule has 1 aromatic carbocycles. The van der Waals surface area contributed by atoms with Gasteiger partial charge in [0.25, 0.3) is 0 Å². The number of benzene rings is 1. The number of rotatable bonds is 3. The Kier molecular flexibility index (Phi) is 3.33. The summed E-state index contributed by atoms with van der Waals surface area (Å²) < 4.78 is 26.3. The lowest BCUT2D eigenvalue weighted by molar-refractivity contribution is 0.0995. The van der Waals surface area contributed by atoms with Gasteiger partial charge in [0.1, 0.15) is 0 Å². The third kappa shape index (κ3) is 2.42. The minimum absolute atomic E-state index is 0.0998. The SMILES string of the molecule is Cc1ccsc1C(=O)Cc1cccc(F)c1F. The van der Waals surface area contributed by atoms with Gasteiger partial charge in [0.05, 0.1) is 4.88 Å². The van der Waals surface area contributed by atoms with Gasteiger partial charge in [-0.15, -0.1) is 11.3 Å². The molecule has 0 aliphatic heterocycles. The second-order valence-corrected chi connectivity index (χ2v) is 4.66. The van der Waals surface area contributed by atoms with E-state index in [9.17, 15) is 13.6 Å². The summed E-state index contributed by atoms with van der Waals surface area (Å²) in [7, 11) is 0. The number of hydrogen-bond donors (Lipinski definition) is 0. The Morgan fingerprint density at radius 2 is 2.06 bits per heavy atom. The van der Waals surface area contributed by atoms with Gasteiger partial charge in [0, 0.05) is 6.42 Å². The van der Waals surface area contributed by atoms with Crippen LogP contribution < -0.4 is 0 Å². The molecule has 0 bridgehead atoms. The summed E-state index contributed by atoms with van der Waals surface area (Å²) in [5.41, 5.74) is 0.972. The van der Waals surface area contributed by atoms with Gasteiger partial charge >= 0.3 is 0 Å². The molecule has 0 spiro atoms. The highest BCUT2D eigenvalue weighted by Crippen LogP contribution is 2.20. The first-order valence-corrected chi connectivity index (χ1v) is 5.97. The summed E-state index contributed by atoms with van der Waals surface area (Å²) in [6, 6.07) is 5.71. The number of aryl methyl sites for hydroxylation is 1. The number of Topliss-reactive ketones (excluding diaryl/α,β-unsaturated/α-hetero) is 1. The molecule has 0 aliphatic rings. The highest BCUT2D eigenvalue weighted by Gasteiger charge is 2.15. The Balaban J connectivity index is 2.25. The van der Waals surface area contributed by atoms with Crippen molar-refractivity contribution in [3.8, 4) is 0 Å². The van der Waals surface area contributed by atoms with Gasteiger partial charge in [-0.25, -0.2) is 8.78 Å². The molecule has 0 saturated heterocycles. The van der Waals surface area contributed by atoms with E-state index in [4.69, 9.17) is 0 Å². The summed E-state index contributed by atoms with van der Waals surface area (Å²) >= 11 is 1.32. The van der Waals surface area contributed by atoms with Crippen LogP contribution in [0.25, 0.3) is 0 Å². The van der Waals surface area contributed by atoms with Gasteiger partial charge in [0.2, 0.25) is 0 Å². The first-order chi connectivity index (χ1) is 8.09. The van der Waals surface area contributed by atoms with Crippen LogP contribution in [0.5, 0.6) is 0 Å².